The molecule has 2 rings (SSSR count). The Bertz CT molecular complexity index is 323. The summed E-state index contributed by atoms with van der Waals surface area (Å²) in [7, 11) is 0. The van der Waals surface area contributed by atoms with Crippen LogP contribution >= 0.6 is 0 Å². The second kappa shape index (κ2) is 6.57. The third-order valence-corrected chi connectivity index (χ3v) is 2.65. The number of nitrogens with one attached hydrogen (secondary N) is 1. The molecule has 1 aromatic heterocycles. The molecule has 1 fully saturated rings. The van der Waals surface area contributed by atoms with E-state index in [4.69, 9.17) is 9.47 Å². The lowest BCUT2D eigenvalue weighted by molar-refractivity contribution is 0.110. The van der Waals surface area contributed by atoms with E-state index in [9.17, 15) is 0 Å². The number of ether oxygens (including phenoxy) is 2. The molecule has 0 amide bonds. The molecule has 0 atom stereocenters. The van der Waals surface area contributed by atoms with Crippen molar-refractivity contribution in [1.82, 2.24) is 10.3 Å². The van der Waals surface area contributed by atoms with Crippen LogP contribution in [-0.4, -0.2) is 30.8 Å². The van der Waals surface area contributed by atoms with E-state index in [-0.39, 0.29) is 0 Å². The van der Waals surface area contributed by atoms with Gasteiger partial charge in [-0.15, -0.1) is 0 Å². The average molecular weight is 236 g/mol. The van der Waals surface area contributed by atoms with E-state index < -0.39 is 0 Å². The van der Waals surface area contributed by atoms with Crippen molar-refractivity contribution >= 4 is 0 Å². The minimum Gasteiger partial charge on any atom is -0.490 e. The summed E-state index contributed by atoms with van der Waals surface area (Å²) in [5.41, 5.74) is 1.06. The predicted molar refractivity (Wildman–Crippen MR) is 66.1 cm³/mol. The Morgan fingerprint density at radius 3 is 2.88 bits per heavy atom. The third kappa shape index (κ3) is 4.71. The predicted octanol–water partition coefficient (Wildman–Crippen LogP) is 1.75. The molecule has 0 aliphatic heterocycles. The highest BCUT2D eigenvalue weighted by molar-refractivity contribution is 5.19. The Balaban J connectivity index is 1.68. The molecule has 1 aromatic rings. The van der Waals surface area contributed by atoms with Gasteiger partial charge in [0, 0.05) is 19.2 Å². The van der Waals surface area contributed by atoms with E-state index in [0.29, 0.717) is 13.2 Å². The van der Waals surface area contributed by atoms with Gasteiger partial charge in [0.1, 0.15) is 12.4 Å². The highest BCUT2D eigenvalue weighted by atomic mass is 16.5. The minimum absolute atomic E-state index is 0.579. The van der Waals surface area contributed by atoms with Gasteiger partial charge in [-0.1, -0.05) is 0 Å². The van der Waals surface area contributed by atoms with E-state index in [1.54, 1.807) is 6.20 Å². The molecule has 0 aromatic carbocycles. The van der Waals surface area contributed by atoms with Gasteiger partial charge in [0.05, 0.1) is 18.5 Å². The second-order valence-corrected chi connectivity index (χ2v) is 4.19. The zero-order valence-corrected chi connectivity index (χ0v) is 10.3. The number of aromatic nitrogens is 1. The maximum atomic E-state index is 5.49. The number of nitrogens with zero attached hydrogens (tertiary/aromatic N) is 1. The van der Waals surface area contributed by atoms with Crippen LogP contribution in [0.25, 0.3) is 0 Å². The summed E-state index contributed by atoms with van der Waals surface area (Å²) in [6.07, 6.45) is 4.38. The van der Waals surface area contributed by atoms with Gasteiger partial charge in [-0.05, 0) is 31.9 Å². The van der Waals surface area contributed by atoms with Crippen molar-refractivity contribution in [3.8, 4) is 5.75 Å². The van der Waals surface area contributed by atoms with E-state index in [0.717, 1.165) is 30.6 Å². The van der Waals surface area contributed by atoms with Crippen molar-refractivity contribution in [2.75, 3.05) is 19.8 Å². The minimum atomic E-state index is 0.579. The molecule has 4 nitrogen and oxygen atoms in total. The quantitative estimate of drug-likeness (QED) is 0.698. The zero-order chi connectivity index (χ0) is 11.9. The van der Waals surface area contributed by atoms with Crippen molar-refractivity contribution in [2.45, 2.75) is 32.4 Å². The van der Waals surface area contributed by atoms with Gasteiger partial charge >= 0.3 is 0 Å². The van der Waals surface area contributed by atoms with Crippen LogP contribution in [-0.2, 0) is 11.3 Å². The van der Waals surface area contributed by atoms with Gasteiger partial charge in [-0.25, -0.2) is 0 Å². The Hall–Kier alpha value is -1.13. The summed E-state index contributed by atoms with van der Waals surface area (Å²) in [6, 6.07) is 4.69. The van der Waals surface area contributed by atoms with Gasteiger partial charge in [-0.2, -0.15) is 0 Å². The summed E-state index contributed by atoms with van der Waals surface area (Å²) in [4.78, 5) is 4.35. The lowest BCUT2D eigenvalue weighted by Crippen LogP contribution is -2.16. The molecule has 4 heteroatoms. The van der Waals surface area contributed by atoms with Crippen LogP contribution in [0.3, 0.4) is 0 Å². The Kier molecular flexibility index (Phi) is 4.76. The Labute approximate surface area is 102 Å². The van der Waals surface area contributed by atoms with Crippen LogP contribution in [0.4, 0.5) is 0 Å². The molecule has 94 valence electrons. The van der Waals surface area contributed by atoms with Crippen molar-refractivity contribution < 1.29 is 9.47 Å². The molecular weight excluding hydrogens is 216 g/mol. The Morgan fingerprint density at radius 1 is 1.35 bits per heavy atom. The molecule has 17 heavy (non-hydrogen) atoms. The summed E-state index contributed by atoms with van der Waals surface area (Å²) < 4.78 is 10.7. The van der Waals surface area contributed by atoms with Gasteiger partial charge in [0.15, 0.2) is 0 Å². The van der Waals surface area contributed by atoms with E-state index in [1.165, 1.54) is 12.8 Å². The maximum absolute atomic E-state index is 5.49. The summed E-state index contributed by atoms with van der Waals surface area (Å²) in [6.45, 7) is 4.76. The highest BCUT2D eigenvalue weighted by Gasteiger charge is 2.19. The van der Waals surface area contributed by atoms with Gasteiger partial charge < -0.3 is 14.8 Å². The van der Waals surface area contributed by atoms with Crippen molar-refractivity contribution in [3.63, 3.8) is 0 Å². The molecule has 0 radical (unpaired) electrons. The molecule has 0 saturated heterocycles. The largest absolute Gasteiger partial charge is 0.490 e. The fraction of sp³-hybridized carbons (Fsp3) is 0.615. The molecule has 1 aliphatic rings. The molecular formula is C13H20N2O2. The fourth-order valence-corrected chi connectivity index (χ4v) is 1.50. The third-order valence-electron chi connectivity index (χ3n) is 2.65. The number of hydrogen-bond donors (Lipinski definition) is 1. The molecule has 1 heterocycles. The number of hydrogen-bond acceptors (Lipinski definition) is 4. The zero-order valence-electron chi connectivity index (χ0n) is 10.3. The lowest BCUT2D eigenvalue weighted by atomic mass is 10.3. The second-order valence-electron chi connectivity index (χ2n) is 4.19. The number of pyridine rings is 1. The molecule has 0 spiro atoms. The van der Waals surface area contributed by atoms with Crippen LogP contribution in [0.2, 0.25) is 0 Å². The van der Waals surface area contributed by atoms with Crippen LogP contribution < -0.4 is 10.1 Å². The first-order valence-corrected chi connectivity index (χ1v) is 6.27. The van der Waals surface area contributed by atoms with Crippen molar-refractivity contribution in [1.29, 1.82) is 0 Å². The summed E-state index contributed by atoms with van der Waals surface area (Å²) in [5, 5.41) is 3.43. The first kappa shape index (κ1) is 12.3. The van der Waals surface area contributed by atoms with Crippen molar-refractivity contribution in [3.05, 3.63) is 24.0 Å². The first-order valence-electron chi connectivity index (χ1n) is 6.27. The van der Waals surface area contributed by atoms with Crippen LogP contribution in [0.15, 0.2) is 18.3 Å². The van der Waals surface area contributed by atoms with E-state index >= 15 is 0 Å². The van der Waals surface area contributed by atoms with Crippen LogP contribution in [0.5, 0.6) is 5.75 Å². The summed E-state index contributed by atoms with van der Waals surface area (Å²) in [5.74, 6) is 0.805. The van der Waals surface area contributed by atoms with Gasteiger partial charge in [-0.3, -0.25) is 4.98 Å². The average Bonchev–Trinajstić information content (AvgIpc) is 3.18. The standard InChI is InChI=1S/C13H20N2O2/c1-2-16-7-8-17-13-6-5-12(15-10-13)9-14-11-3-4-11/h5-6,10-11,14H,2-4,7-9H2,1H3. The smallest absolute Gasteiger partial charge is 0.137 e. The molecule has 1 N–H and O–H groups in total. The fourth-order valence-electron chi connectivity index (χ4n) is 1.50. The van der Waals surface area contributed by atoms with Gasteiger partial charge in [0.2, 0.25) is 0 Å². The normalized spacial score (nSPS) is 14.9. The molecule has 1 aliphatic carbocycles. The van der Waals surface area contributed by atoms with Crippen molar-refractivity contribution in [2.24, 2.45) is 0 Å². The van der Waals surface area contributed by atoms with E-state index in [1.807, 2.05) is 19.1 Å². The SMILES string of the molecule is CCOCCOc1ccc(CNC2CC2)nc1. The molecule has 1 saturated carbocycles. The molecule has 0 unspecified atom stereocenters. The van der Waals surface area contributed by atoms with Crippen LogP contribution in [0.1, 0.15) is 25.5 Å². The Morgan fingerprint density at radius 2 is 2.24 bits per heavy atom. The summed E-state index contributed by atoms with van der Waals surface area (Å²) >= 11 is 0. The number of rotatable bonds is 8. The van der Waals surface area contributed by atoms with E-state index in [2.05, 4.69) is 10.3 Å². The van der Waals surface area contributed by atoms with Gasteiger partial charge in [0.25, 0.3) is 0 Å². The maximum Gasteiger partial charge on any atom is 0.137 e. The topological polar surface area (TPSA) is 43.4 Å². The highest BCUT2D eigenvalue weighted by Crippen LogP contribution is 2.19. The first-order chi connectivity index (χ1) is 8.38. The molecule has 0 bridgehead atoms. The monoisotopic (exact) mass is 236 g/mol. The van der Waals surface area contributed by atoms with Crippen LogP contribution in [0, 0.1) is 0 Å². The lowest BCUT2D eigenvalue weighted by Gasteiger charge is -2.07.